The van der Waals surface area contributed by atoms with Crippen molar-refractivity contribution in [1.82, 2.24) is 0 Å². The predicted octanol–water partition coefficient (Wildman–Crippen LogP) is 3.01. The summed E-state index contributed by atoms with van der Waals surface area (Å²) in [5.41, 5.74) is 9.01. The van der Waals surface area contributed by atoms with Crippen LogP contribution in [0.1, 0.15) is 4.88 Å². The molecule has 1 aromatic carbocycles. The molecule has 90 valence electrons. The number of nitrogen functional groups attached to an aromatic ring is 1. The van der Waals surface area contributed by atoms with Crippen LogP contribution in [0, 0.1) is 0 Å². The Kier molecular flexibility index (Phi) is 3.54. The lowest BCUT2D eigenvalue weighted by Crippen LogP contribution is -2.08. The third-order valence-electron chi connectivity index (χ3n) is 2.62. The normalized spacial score (nSPS) is 10.2. The molecule has 0 amide bonds. The molecule has 3 N–H and O–H groups in total. The van der Waals surface area contributed by atoms with Gasteiger partial charge < -0.3 is 16.0 Å². The molecule has 0 fully saturated rings. The van der Waals surface area contributed by atoms with E-state index in [1.165, 1.54) is 10.6 Å². The largest absolute Gasteiger partial charge is 0.398 e. The van der Waals surface area contributed by atoms with Gasteiger partial charge in [-0.05, 0) is 35.7 Å². The van der Waals surface area contributed by atoms with Crippen LogP contribution in [0.5, 0.6) is 0 Å². The van der Waals surface area contributed by atoms with Gasteiger partial charge in [0.15, 0.2) is 0 Å². The van der Waals surface area contributed by atoms with Gasteiger partial charge in [0.1, 0.15) is 0 Å². The molecule has 0 saturated carbocycles. The highest BCUT2D eigenvalue weighted by atomic mass is 32.1. The molecule has 17 heavy (non-hydrogen) atoms. The van der Waals surface area contributed by atoms with Gasteiger partial charge in [-0.3, -0.25) is 0 Å². The molecule has 0 saturated heterocycles. The average Bonchev–Trinajstić information content (AvgIpc) is 2.73. The van der Waals surface area contributed by atoms with E-state index in [2.05, 4.69) is 34.5 Å². The first kappa shape index (κ1) is 11.8. The summed E-state index contributed by atoms with van der Waals surface area (Å²) in [6.45, 7) is 0.783. The first-order valence-electron chi connectivity index (χ1n) is 5.50. The highest BCUT2D eigenvalue weighted by Crippen LogP contribution is 2.21. The molecule has 0 aliphatic rings. The summed E-state index contributed by atoms with van der Waals surface area (Å²) in [7, 11) is 4.07. The maximum atomic E-state index is 5.83. The molecular formula is C13H17N3S. The molecule has 2 rings (SSSR count). The van der Waals surface area contributed by atoms with Crippen LogP contribution in [0.3, 0.4) is 0 Å². The smallest absolute Gasteiger partial charge is 0.0514 e. The van der Waals surface area contributed by atoms with Crippen LogP contribution in [0.2, 0.25) is 0 Å². The van der Waals surface area contributed by atoms with Gasteiger partial charge in [0, 0.05) is 36.0 Å². The summed E-state index contributed by atoms with van der Waals surface area (Å²) in [5, 5.41) is 5.38. The summed E-state index contributed by atoms with van der Waals surface area (Å²) in [6, 6.07) is 10.3. The standard InChI is InChI=1S/C13H17N3S/c1-16(2)11-5-3-10(4-6-11)15-9-13-12(14)7-8-17-13/h3-8,15H,9,14H2,1-2H3. The van der Waals surface area contributed by atoms with E-state index >= 15 is 0 Å². The zero-order chi connectivity index (χ0) is 12.3. The number of anilines is 3. The Morgan fingerprint density at radius 1 is 1.18 bits per heavy atom. The predicted molar refractivity (Wildman–Crippen MR) is 76.8 cm³/mol. The van der Waals surface area contributed by atoms with Crippen molar-refractivity contribution >= 4 is 28.4 Å². The van der Waals surface area contributed by atoms with Gasteiger partial charge in [0.2, 0.25) is 0 Å². The quantitative estimate of drug-likeness (QED) is 0.872. The first-order chi connectivity index (χ1) is 8.16. The summed E-state index contributed by atoms with van der Waals surface area (Å²) in [6.07, 6.45) is 0. The lowest BCUT2D eigenvalue weighted by Gasteiger charge is -2.13. The Bertz CT molecular complexity index is 474. The van der Waals surface area contributed by atoms with Gasteiger partial charge in [-0.15, -0.1) is 11.3 Å². The van der Waals surface area contributed by atoms with E-state index in [4.69, 9.17) is 5.73 Å². The average molecular weight is 247 g/mol. The van der Waals surface area contributed by atoms with Crippen molar-refractivity contribution in [2.75, 3.05) is 30.0 Å². The van der Waals surface area contributed by atoms with E-state index in [1.54, 1.807) is 11.3 Å². The van der Waals surface area contributed by atoms with Crippen molar-refractivity contribution in [3.8, 4) is 0 Å². The minimum atomic E-state index is 0.783. The van der Waals surface area contributed by atoms with Gasteiger partial charge in [-0.1, -0.05) is 0 Å². The van der Waals surface area contributed by atoms with E-state index in [9.17, 15) is 0 Å². The molecule has 0 spiro atoms. The summed E-state index contributed by atoms with van der Waals surface area (Å²) >= 11 is 1.68. The molecule has 0 aliphatic heterocycles. The fourth-order valence-electron chi connectivity index (χ4n) is 1.55. The third kappa shape index (κ3) is 2.91. The van der Waals surface area contributed by atoms with E-state index in [1.807, 2.05) is 25.5 Å². The minimum absolute atomic E-state index is 0.783. The lowest BCUT2D eigenvalue weighted by atomic mass is 10.2. The highest BCUT2D eigenvalue weighted by molar-refractivity contribution is 7.10. The number of benzene rings is 1. The van der Waals surface area contributed by atoms with Crippen molar-refractivity contribution in [2.45, 2.75) is 6.54 Å². The lowest BCUT2D eigenvalue weighted by molar-refractivity contribution is 1.13. The van der Waals surface area contributed by atoms with Crippen LogP contribution in [0.15, 0.2) is 35.7 Å². The number of thiophene rings is 1. The second-order valence-electron chi connectivity index (χ2n) is 4.09. The Labute approximate surface area is 106 Å². The number of nitrogens with zero attached hydrogens (tertiary/aromatic N) is 1. The molecule has 1 heterocycles. The fraction of sp³-hybridized carbons (Fsp3) is 0.231. The van der Waals surface area contributed by atoms with E-state index in [-0.39, 0.29) is 0 Å². The van der Waals surface area contributed by atoms with Crippen molar-refractivity contribution in [1.29, 1.82) is 0 Å². The topological polar surface area (TPSA) is 41.3 Å². The summed E-state index contributed by atoms with van der Waals surface area (Å²) in [4.78, 5) is 3.27. The monoisotopic (exact) mass is 247 g/mol. The van der Waals surface area contributed by atoms with Crippen LogP contribution in [0.25, 0.3) is 0 Å². The second kappa shape index (κ2) is 5.10. The van der Waals surface area contributed by atoms with E-state index in [0.717, 1.165) is 17.9 Å². The van der Waals surface area contributed by atoms with Crippen LogP contribution >= 0.6 is 11.3 Å². The van der Waals surface area contributed by atoms with Crippen LogP contribution in [0.4, 0.5) is 17.1 Å². The fourth-order valence-corrected chi connectivity index (χ4v) is 2.29. The van der Waals surface area contributed by atoms with E-state index < -0.39 is 0 Å². The molecule has 3 nitrogen and oxygen atoms in total. The Balaban J connectivity index is 1.98. The maximum absolute atomic E-state index is 5.83. The molecule has 0 aliphatic carbocycles. The Hall–Kier alpha value is -1.68. The molecule has 0 unspecified atom stereocenters. The van der Waals surface area contributed by atoms with Gasteiger partial charge in [0.05, 0.1) is 6.54 Å². The van der Waals surface area contributed by atoms with E-state index in [0.29, 0.717) is 0 Å². The Morgan fingerprint density at radius 2 is 1.88 bits per heavy atom. The van der Waals surface area contributed by atoms with Gasteiger partial charge in [0.25, 0.3) is 0 Å². The molecule has 2 aromatic rings. The number of nitrogens with two attached hydrogens (primary N) is 1. The number of nitrogens with one attached hydrogen (secondary N) is 1. The first-order valence-corrected chi connectivity index (χ1v) is 6.38. The van der Waals surface area contributed by atoms with Crippen LogP contribution in [-0.4, -0.2) is 14.1 Å². The molecular weight excluding hydrogens is 230 g/mol. The van der Waals surface area contributed by atoms with Gasteiger partial charge in [-0.25, -0.2) is 0 Å². The van der Waals surface area contributed by atoms with Gasteiger partial charge >= 0.3 is 0 Å². The molecule has 0 radical (unpaired) electrons. The van der Waals surface area contributed by atoms with Crippen molar-refractivity contribution in [3.63, 3.8) is 0 Å². The molecule has 1 aromatic heterocycles. The number of rotatable bonds is 4. The number of hydrogen-bond acceptors (Lipinski definition) is 4. The van der Waals surface area contributed by atoms with Crippen LogP contribution in [-0.2, 0) is 6.54 Å². The third-order valence-corrected chi connectivity index (χ3v) is 3.55. The summed E-state index contributed by atoms with van der Waals surface area (Å²) < 4.78 is 0. The SMILES string of the molecule is CN(C)c1ccc(NCc2sccc2N)cc1. The van der Waals surface area contributed by atoms with Crippen molar-refractivity contribution < 1.29 is 0 Å². The molecule has 0 atom stereocenters. The summed E-state index contributed by atoms with van der Waals surface area (Å²) in [5.74, 6) is 0. The molecule has 0 bridgehead atoms. The van der Waals surface area contributed by atoms with Crippen LogP contribution < -0.4 is 16.0 Å². The maximum Gasteiger partial charge on any atom is 0.0514 e. The minimum Gasteiger partial charge on any atom is -0.398 e. The number of hydrogen-bond donors (Lipinski definition) is 2. The Morgan fingerprint density at radius 3 is 2.41 bits per heavy atom. The van der Waals surface area contributed by atoms with Gasteiger partial charge in [-0.2, -0.15) is 0 Å². The molecule has 4 heteroatoms. The van der Waals surface area contributed by atoms with Crippen molar-refractivity contribution in [3.05, 3.63) is 40.6 Å². The second-order valence-corrected chi connectivity index (χ2v) is 5.09. The zero-order valence-corrected chi connectivity index (χ0v) is 10.9. The highest BCUT2D eigenvalue weighted by Gasteiger charge is 2.00. The zero-order valence-electron chi connectivity index (χ0n) is 10.1. The van der Waals surface area contributed by atoms with Crippen molar-refractivity contribution in [2.24, 2.45) is 0 Å².